The molecule has 0 aliphatic carbocycles. The Bertz CT molecular complexity index is 617. The van der Waals surface area contributed by atoms with Crippen molar-refractivity contribution >= 4 is 23.1 Å². The second-order valence-electron chi connectivity index (χ2n) is 7.39. The average Bonchev–Trinajstić information content (AvgIpc) is 3.15. The molecule has 0 radical (unpaired) electrons. The van der Waals surface area contributed by atoms with Gasteiger partial charge in [0.2, 0.25) is 0 Å². The van der Waals surface area contributed by atoms with E-state index >= 15 is 0 Å². The monoisotopic (exact) mass is 347 g/mol. The molecular formula is C19H26ClN3O. The van der Waals surface area contributed by atoms with E-state index in [1.165, 1.54) is 12.8 Å². The van der Waals surface area contributed by atoms with Crippen LogP contribution in [-0.2, 0) is 0 Å². The number of Topliss-reactive ketones (excluding diaryl/α,β-unsaturated/α-hetero) is 1. The number of hydrogen-bond donors (Lipinski definition) is 1. The van der Waals surface area contributed by atoms with E-state index in [1.54, 1.807) is 0 Å². The summed E-state index contributed by atoms with van der Waals surface area (Å²) in [5, 5.41) is 4.00. The van der Waals surface area contributed by atoms with Gasteiger partial charge in [-0.25, -0.2) is 0 Å². The highest BCUT2D eigenvalue weighted by atomic mass is 35.5. The SMILES string of the molecule is O=C(CC12CCCN1CCC2)c1cccc(N2CCNCC2)c1Cl. The van der Waals surface area contributed by atoms with Gasteiger partial charge < -0.3 is 10.2 Å². The van der Waals surface area contributed by atoms with Gasteiger partial charge in [-0.1, -0.05) is 17.7 Å². The highest BCUT2D eigenvalue weighted by molar-refractivity contribution is 6.36. The van der Waals surface area contributed by atoms with Crippen LogP contribution >= 0.6 is 11.6 Å². The van der Waals surface area contributed by atoms with Crippen LogP contribution in [-0.4, -0.2) is 55.5 Å². The molecule has 0 amide bonds. The lowest BCUT2D eigenvalue weighted by atomic mass is 9.86. The molecular weight excluding hydrogens is 322 g/mol. The first-order chi connectivity index (χ1) is 11.7. The number of nitrogens with zero attached hydrogens (tertiary/aromatic N) is 2. The first-order valence-electron chi connectivity index (χ1n) is 9.22. The van der Waals surface area contributed by atoms with Crippen molar-refractivity contribution in [2.45, 2.75) is 37.6 Å². The van der Waals surface area contributed by atoms with E-state index in [9.17, 15) is 4.79 Å². The maximum absolute atomic E-state index is 13.1. The lowest BCUT2D eigenvalue weighted by Gasteiger charge is -2.32. The molecule has 0 atom stereocenters. The summed E-state index contributed by atoms with van der Waals surface area (Å²) in [7, 11) is 0. The van der Waals surface area contributed by atoms with Gasteiger partial charge in [-0.05, 0) is 50.9 Å². The van der Waals surface area contributed by atoms with Crippen LogP contribution in [0.1, 0.15) is 42.5 Å². The fourth-order valence-electron chi connectivity index (χ4n) is 4.79. The van der Waals surface area contributed by atoms with Crippen molar-refractivity contribution in [3.63, 3.8) is 0 Å². The predicted molar refractivity (Wildman–Crippen MR) is 98.3 cm³/mol. The zero-order valence-corrected chi connectivity index (χ0v) is 14.9. The van der Waals surface area contributed by atoms with Gasteiger partial charge in [0.1, 0.15) is 0 Å². The summed E-state index contributed by atoms with van der Waals surface area (Å²) in [4.78, 5) is 17.9. The van der Waals surface area contributed by atoms with Crippen LogP contribution < -0.4 is 10.2 Å². The summed E-state index contributed by atoms with van der Waals surface area (Å²) in [5.41, 5.74) is 1.84. The van der Waals surface area contributed by atoms with E-state index in [0.29, 0.717) is 17.0 Å². The number of halogens is 1. The number of nitrogens with one attached hydrogen (secondary N) is 1. The van der Waals surface area contributed by atoms with Gasteiger partial charge in [0, 0.05) is 43.7 Å². The first-order valence-corrected chi connectivity index (χ1v) is 9.60. The Morgan fingerprint density at radius 3 is 2.54 bits per heavy atom. The predicted octanol–water partition coefficient (Wildman–Crippen LogP) is 2.95. The van der Waals surface area contributed by atoms with Crippen LogP contribution in [0.25, 0.3) is 0 Å². The molecule has 1 aromatic rings. The topological polar surface area (TPSA) is 35.6 Å². The average molecular weight is 348 g/mol. The maximum atomic E-state index is 13.1. The first kappa shape index (κ1) is 16.4. The Morgan fingerprint density at radius 1 is 1.12 bits per heavy atom. The highest BCUT2D eigenvalue weighted by Crippen LogP contribution is 2.42. The Morgan fingerprint density at radius 2 is 1.83 bits per heavy atom. The van der Waals surface area contributed by atoms with Crippen molar-refractivity contribution in [1.82, 2.24) is 10.2 Å². The number of carbonyl (C=O) groups is 1. The van der Waals surface area contributed by atoms with E-state index in [2.05, 4.69) is 15.1 Å². The van der Waals surface area contributed by atoms with Crippen LogP contribution in [0, 0.1) is 0 Å². The van der Waals surface area contributed by atoms with Crippen LogP contribution in [0.3, 0.4) is 0 Å². The molecule has 1 aromatic carbocycles. The molecule has 0 aromatic heterocycles. The van der Waals surface area contributed by atoms with Crippen molar-refractivity contribution in [2.24, 2.45) is 0 Å². The Labute approximate surface area is 149 Å². The largest absolute Gasteiger partial charge is 0.368 e. The Hall–Kier alpha value is -1.10. The number of ketones is 1. The van der Waals surface area contributed by atoms with Gasteiger partial charge in [0.15, 0.2) is 5.78 Å². The van der Waals surface area contributed by atoms with Crippen molar-refractivity contribution < 1.29 is 4.79 Å². The third-order valence-corrected chi connectivity index (χ3v) is 6.43. The summed E-state index contributed by atoms with van der Waals surface area (Å²) in [6.45, 7) is 6.12. The molecule has 4 nitrogen and oxygen atoms in total. The fraction of sp³-hybridized carbons (Fsp3) is 0.632. The molecule has 1 N–H and O–H groups in total. The summed E-state index contributed by atoms with van der Waals surface area (Å²) < 4.78 is 0. The Balaban J connectivity index is 1.56. The molecule has 24 heavy (non-hydrogen) atoms. The van der Waals surface area contributed by atoms with Crippen molar-refractivity contribution in [1.29, 1.82) is 0 Å². The van der Waals surface area contributed by atoms with Gasteiger partial charge >= 0.3 is 0 Å². The van der Waals surface area contributed by atoms with Crippen LogP contribution in [0.5, 0.6) is 0 Å². The molecule has 3 saturated heterocycles. The minimum atomic E-state index is 0.117. The Kier molecular flexibility index (Phi) is 4.54. The third-order valence-electron chi connectivity index (χ3n) is 6.04. The molecule has 3 heterocycles. The number of rotatable bonds is 4. The summed E-state index contributed by atoms with van der Waals surface area (Å²) >= 11 is 6.67. The normalized spacial score (nSPS) is 23.5. The molecule has 5 heteroatoms. The van der Waals surface area contributed by atoms with Crippen molar-refractivity contribution in [3.8, 4) is 0 Å². The minimum absolute atomic E-state index is 0.117. The number of benzene rings is 1. The standard InChI is InChI=1S/C19H26ClN3O/c20-18-15(4-1-5-16(18)22-12-8-21-9-13-22)17(24)14-19-6-2-10-23(19)11-3-7-19/h1,4-5,21H,2-3,6-14H2. The minimum Gasteiger partial charge on any atom is -0.368 e. The second kappa shape index (κ2) is 6.66. The van der Waals surface area contributed by atoms with E-state index in [4.69, 9.17) is 11.6 Å². The summed E-state index contributed by atoms with van der Waals surface area (Å²) in [6.07, 6.45) is 5.39. The second-order valence-corrected chi connectivity index (χ2v) is 7.77. The number of anilines is 1. The number of hydrogen-bond acceptors (Lipinski definition) is 4. The molecule has 4 rings (SSSR count). The molecule has 0 bridgehead atoms. The van der Waals surface area contributed by atoms with Gasteiger partial charge in [0.25, 0.3) is 0 Å². The smallest absolute Gasteiger partial charge is 0.166 e. The fourth-order valence-corrected chi connectivity index (χ4v) is 5.14. The third kappa shape index (κ3) is 2.85. The molecule has 3 fully saturated rings. The van der Waals surface area contributed by atoms with Crippen molar-refractivity contribution in [2.75, 3.05) is 44.2 Å². The molecule has 3 aliphatic heterocycles. The van der Waals surface area contributed by atoms with Crippen molar-refractivity contribution in [3.05, 3.63) is 28.8 Å². The zero-order valence-electron chi connectivity index (χ0n) is 14.2. The molecule has 0 spiro atoms. The highest BCUT2D eigenvalue weighted by Gasteiger charge is 2.45. The lowest BCUT2D eigenvalue weighted by Crippen LogP contribution is -2.43. The van der Waals surface area contributed by atoms with E-state index in [0.717, 1.165) is 57.8 Å². The zero-order chi connectivity index (χ0) is 16.6. The molecule has 130 valence electrons. The number of piperazine rings is 1. The molecule has 0 unspecified atom stereocenters. The number of carbonyl (C=O) groups excluding carboxylic acids is 1. The van der Waals surface area contributed by atoms with E-state index in [-0.39, 0.29) is 11.3 Å². The van der Waals surface area contributed by atoms with E-state index in [1.807, 2.05) is 18.2 Å². The summed E-state index contributed by atoms with van der Waals surface area (Å²) in [5.74, 6) is 0.214. The number of fused-ring (bicyclic) bond motifs is 1. The molecule has 0 saturated carbocycles. The van der Waals surface area contributed by atoms with Gasteiger partial charge in [-0.3, -0.25) is 9.69 Å². The van der Waals surface area contributed by atoms with Crippen LogP contribution in [0.15, 0.2) is 18.2 Å². The van der Waals surface area contributed by atoms with Gasteiger partial charge in [-0.2, -0.15) is 0 Å². The van der Waals surface area contributed by atoms with E-state index < -0.39 is 0 Å². The molecule has 3 aliphatic rings. The lowest BCUT2D eigenvalue weighted by molar-refractivity contribution is 0.0884. The summed E-state index contributed by atoms with van der Waals surface area (Å²) in [6, 6.07) is 5.93. The van der Waals surface area contributed by atoms with Gasteiger partial charge in [0.05, 0.1) is 10.7 Å². The van der Waals surface area contributed by atoms with Crippen LogP contribution in [0.4, 0.5) is 5.69 Å². The van der Waals surface area contributed by atoms with Crippen LogP contribution in [0.2, 0.25) is 5.02 Å². The quantitative estimate of drug-likeness (QED) is 0.849. The van der Waals surface area contributed by atoms with Gasteiger partial charge in [-0.15, -0.1) is 0 Å². The maximum Gasteiger partial charge on any atom is 0.166 e.